The molecule has 0 saturated carbocycles. The van der Waals surface area contributed by atoms with Crippen molar-refractivity contribution in [2.24, 2.45) is 0 Å². The average molecular weight is 400 g/mol. The summed E-state index contributed by atoms with van der Waals surface area (Å²) in [6.45, 7) is 4.26. The van der Waals surface area contributed by atoms with E-state index in [4.69, 9.17) is 14.5 Å². The van der Waals surface area contributed by atoms with Gasteiger partial charge >= 0.3 is 0 Å². The van der Waals surface area contributed by atoms with Crippen LogP contribution in [0.1, 0.15) is 19.3 Å². The molecule has 0 unspecified atom stereocenters. The molecule has 1 aromatic rings. The number of benzene rings is 1. The number of nitrogens with zero attached hydrogens (tertiary/aromatic N) is 5. The Bertz CT molecular complexity index is 894. The van der Waals surface area contributed by atoms with Gasteiger partial charge in [-0.05, 0) is 55.9 Å². The van der Waals surface area contributed by atoms with Crippen molar-refractivity contribution in [3.63, 3.8) is 0 Å². The highest BCUT2D eigenvalue weighted by molar-refractivity contribution is 7.99. The van der Waals surface area contributed by atoms with Crippen molar-refractivity contribution in [3.8, 4) is 23.0 Å². The maximum atomic E-state index is 5.47. The predicted octanol–water partition coefficient (Wildman–Crippen LogP) is 3.43. The summed E-state index contributed by atoms with van der Waals surface area (Å²) >= 11 is 1.47. The highest BCUT2D eigenvalue weighted by atomic mass is 32.2. The summed E-state index contributed by atoms with van der Waals surface area (Å²) in [4.78, 5) is 17.2. The highest BCUT2D eigenvalue weighted by Crippen LogP contribution is 2.37. The molecular weight excluding hydrogens is 374 g/mol. The van der Waals surface area contributed by atoms with Crippen molar-refractivity contribution >= 4 is 11.8 Å². The summed E-state index contributed by atoms with van der Waals surface area (Å²) in [5, 5.41) is 0.682. The Labute approximate surface area is 169 Å². The van der Waals surface area contributed by atoms with E-state index >= 15 is 0 Å². The van der Waals surface area contributed by atoms with Gasteiger partial charge in [-0.25, -0.2) is 15.0 Å². The van der Waals surface area contributed by atoms with Crippen LogP contribution in [0, 0.1) is 0 Å². The molecular formula is C20H25N5O2S. The molecule has 0 bridgehead atoms. The lowest BCUT2D eigenvalue weighted by molar-refractivity contribution is 0.220. The zero-order chi connectivity index (χ0) is 19.3. The van der Waals surface area contributed by atoms with Crippen molar-refractivity contribution in [1.82, 2.24) is 24.4 Å². The molecule has 28 heavy (non-hydrogen) atoms. The fraction of sp³-hybridized carbons (Fsp3) is 0.450. The number of hydrogen-bond donors (Lipinski definition) is 0. The van der Waals surface area contributed by atoms with Gasteiger partial charge in [0.1, 0.15) is 17.2 Å². The van der Waals surface area contributed by atoms with Crippen LogP contribution in [0.3, 0.4) is 0 Å². The summed E-state index contributed by atoms with van der Waals surface area (Å²) in [5.74, 6) is 2.42. The number of piperidine rings is 1. The number of hydrogen-bond acceptors (Lipinski definition) is 7. The lowest BCUT2D eigenvalue weighted by Gasteiger charge is -2.26. The topological polar surface area (TPSA) is 65.3 Å². The highest BCUT2D eigenvalue weighted by Gasteiger charge is 2.18. The molecule has 3 aliphatic rings. The van der Waals surface area contributed by atoms with Crippen LogP contribution in [0.25, 0.3) is 11.5 Å². The van der Waals surface area contributed by atoms with Crippen LogP contribution in [-0.4, -0.2) is 58.3 Å². The number of ether oxygens (including phenoxy) is 2. The molecule has 0 spiro atoms. The molecule has 0 amide bonds. The minimum atomic E-state index is 0.682. The zero-order valence-electron chi connectivity index (χ0n) is 16.3. The Balaban J connectivity index is 1.54. The van der Waals surface area contributed by atoms with Gasteiger partial charge in [0.25, 0.3) is 0 Å². The second-order valence-corrected chi connectivity index (χ2v) is 7.83. The molecule has 3 heterocycles. The van der Waals surface area contributed by atoms with E-state index in [-0.39, 0.29) is 0 Å². The van der Waals surface area contributed by atoms with Crippen molar-refractivity contribution < 1.29 is 9.47 Å². The second-order valence-electron chi connectivity index (χ2n) is 6.82. The molecule has 0 aliphatic carbocycles. The summed E-state index contributed by atoms with van der Waals surface area (Å²) in [6.07, 6.45) is 7.57. The third-order valence-corrected chi connectivity index (χ3v) is 5.90. The molecule has 0 N–H and O–H groups in total. The summed E-state index contributed by atoms with van der Waals surface area (Å²) in [5.41, 5.74) is 0.811. The standard InChI is InChI=1S/C20H25N5O2S/c1-26-15-6-7-17(27-2)18(12-15)28-20-22-16-13-21-14-25(19(16)23-20)11-10-24-8-4-3-5-9-24/h6-7,12-14H,3-5,8-11H2,1-2H3. The Kier molecular flexibility index (Phi) is 5.97. The van der Waals surface area contributed by atoms with Gasteiger partial charge in [0.2, 0.25) is 0 Å². The van der Waals surface area contributed by atoms with Gasteiger partial charge in [0, 0.05) is 13.1 Å². The zero-order valence-corrected chi connectivity index (χ0v) is 17.1. The van der Waals surface area contributed by atoms with Crippen LogP contribution >= 0.6 is 11.8 Å². The molecule has 3 aliphatic heterocycles. The normalized spacial score (nSPS) is 15.1. The molecule has 0 atom stereocenters. The van der Waals surface area contributed by atoms with Gasteiger partial charge in [-0.1, -0.05) is 6.42 Å². The molecule has 0 radical (unpaired) electrons. The van der Waals surface area contributed by atoms with E-state index in [0.29, 0.717) is 5.16 Å². The van der Waals surface area contributed by atoms with Gasteiger partial charge in [-0.15, -0.1) is 0 Å². The van der Waals surface area contributed by atoms with Gasteiger partial charge in [-0.3, -0.25) is 0 Å². The first kappa shape index (κ1) is 19.0. The molecule has 4 rings (SSSR count). The molecule has 1 fully saturated rings. The molecule has 7 nitrogen and oxygen atoms in total. The summed E-state index contributed by atoms with van der Waals surface area (Å²) in [6, 6.07) is 5.71. The van der Waals surface area contributed by atoms with Crippen LogP contribution in [0.4, 0.5) is 0 Å². The van der Waals surface area contributed by atoms with Gasteiger partial charge in [0.05, 0.1) is 31.6 Å². The predicted molar refractivity (Wildman–Crippen MR) is 108 cm³/mol. The van der Waals surface area contributed by atoms with Crippen molar-refractivity contribution in [2.45, 2.75) is 35.9 Å². The van der Waals surface area contributed by atoms with E-state index in [1.165, 1.54) is 44.1 Å². The molecule has 0 aromatic heterocycles. The quantitative estimate of drug-likeness (QED) is 0.603. The summed E-state index contributed by atoms with van der Waals surface area (Å²) in [7, 11) is 3.31. The summed E-state index contributed by atoms with van der Waals surface area (Å²) < 4.78 is 12.9. The lowest BCUT2D eigenvalue weighted by atomic mass is 10.1. The third kappa shape index (κ3) is 4.23. The number of imidazole rings is 1. The van der Waals surface area contributed by atoms with E-state index in [2.05, 4.69) is 19.4 Å². The number of rotatable bonds is 7. The first-order valence-electron chi connectivity index (χ1n) is 9.57. The minimum absolute atomic E-state index is 0.682. The maximum Gasteiger partial charge on any atom is 0.195 e. The van der Waals surface area contributed by atoms with Crippen molar-refractivity contribution in [3.05, 3.63) is 30.7 Å². The van der Waals surface area contributed by atoms with Crippen molar-refractivity contribution in [2.75, 3.05) is 33.9 Å². The molecule has 1 aromatic carbocycles. The molecule has 1 saturated heterocycles. The van der Waals surface area contributed by atoms with E-state index < -0.39 is 0 Å². The largest absolute Gasteiger partial charge is 0.497 e. The number of fused-ring (bicyclic) bond motifs is 1. The van der Waals surface area contributed by atoms with Crippen LogP contribution in [0.15, 0.2) is 40.8 Å². The average Bonchev–Trinajstić information content (AvgIpc) is 3.16. The van der Waals surface area contributed by atoms with Gasteiger partial charge in [0.15, 0.2) is 11.0 Å². The third-order valence-electron chi connectivity index (χ3n) is 5.00. The molecule has 148 valence electrons. The van der Waals surface area contributed by atoms with Crippen LogP contribution in [0.5, 0.6) is 11.5 Å². The first-order valence-corrected chi connectivity index (χ1v) is 10.4. The van der Waals surface area contributed by atoms with Gasteiger partial charge < -0.3 is 18.9 Å². The fourth-order valence-electron chi connectivity index (χ4n) is 3.47. The number of aromatic nitrogens is 4. The molecule has 8 heteroatoms. The Morgan fingerprint density at radius 2 is 1.89 bits per heavy atom. The van der Waals surface area contributed by atoms with E-state index in [1.807, 2.05) is 24.5 Å². The van der Waals surface area contributed by atoms with Crippen LogP contribution in [0.2, 0.25) is 0 Å². The monoisotopic (exact) mass is 399 g/mol. The minimum Gasteiger partial charge on any atom is -0.497 e. The number of likely N-dealkylation sites (tertiary alicyclic amines) is 1. The van der Waals surface area contributed by atoms with E-state index in [9.17, 15) is 0 Å². The Morgan fingerprint density at radius 1 is 1.04 bits per heavy atom. The maximum absolute atomic E-state index is 5.47. The second kappa shape index (κ2) is 8.79. The van der Waals surface area contributed by atoms with Crippen LogP contribution in [-0.2, 0) is 6.54 Å². The van der Waals surface area contributed by atoms with Crippen LogP contribution < -0.4 is 9.47 Å². The smallest absolute Gasteiger partial charge is 0.195 e. The van der Waals surface area contributed by atoms with Gasteiger partial charge in [-0.2, -0.15) is 0 Å². The fourth-order valence-corrected chi connectivity index (χ4v) is 4.37. The first-order chi connectivity index (χ1) is 13.8. The van der Waals surface area contributed by atoms with E-state index in [0.717, 1.165) is 41.0 Å². The Hall–Kier alpha value is -2.32. The SMILES string of the molecule is COc1ccc(OC)c(Sc2nc3cncn(CCN4CCCCC4)c-3n2)c1. The Morgan fingerprint density at radius 3 is 2.68 bits per heavy atom. The van der Waals surface area contributed by atoms with Crippen molar-refractivity contribution in [1.29, 1.82) is 0 Å². The number of methoxy groups -OCH3 is 2. The lowest BCUT2D eigenvalue weighted by Crippen LogP contribution is -2.32. The van der Waals surface area contributed by atoms with E-state index in [1.54, 1.807) is 20.4 Å².